The number of aliphatic hydroxyl groups excluding tert-OH is 1. The molecule has 6 heteroatoms. The first-order valence-electron chi connectivity index (χ1n) is 11.0. The second-order valence-electron chi connectivity index (χ2n) is 8.06. The van der Waals surface area contributed by atoms with Gasteiger partial charge in [-0.25, -0.2) is 0 Å². The number of hydrogen-bond acceptors (Lipinski definition) is 5. The number of rotatable bonds is 9. The molecule has 6 nitrogen and oxygen atoms in total. The third kappa shape index (κ3) is 4.53. The van der Waals surface area contributed by atoms with Gasteiger partial charge in [0, 0.05) is 12.1 Å². The van der Waals surface area contributed by atoms with Crippen molar-refractivity contribution in [2.75, 3.05) is 13.2 Å². The summed E-state index contributed by atoms with van der Waals surface area (Å²) >= 11 is 0. The van der Waals surface area contributed by atoms with Crippen molar-refractivity contribution in [3.63, 3.8) is 0 Å². The number of hydrogen-bond donors (Lipinski definition) is 1. The summed E-state index contributed by atoms with van der Waals surface area (Å²) in [6.07, 6.45) is 4.24. The Morgan fingerprint density at radius 1 is 1.19 bits per heavy atom. The summed E-state index contributed by atoms with van der Waals surface area (Å²) in [6.45, 7) is 9.04. The minimum atomic E-state index is -0.735. The van der Waals surface area contributed by atoms with Crippen molar-refractivity contribution in [2.45, 2.75) is 58.9 Å². The van der Waals surface area contributed by atoms with Crippen molar-refractivity contribution in [3.05, 3.63) is 59.1 Å². The Kier molecular flexibility index (Phi) is 7.21. The Balaban J connectivity index is 2.10. The molecule has 1 saturated heterocycles. The zero-order valence-electron chi connectivity index (χ0n) is 18.7. The van der Waals surface area contributed by atoms with Crippen molar-refractivity contribution in [1.29, 1.82) is 0 Å². The van der Waals surface area contributed by atoms with Crippen LogP contribution in [0.2, 0.25) is 0 Å². The minimum Gasteiger partial charge on any atom is -0.507 e. The lowest BCUT2D eigenvalue weighted by atomic mass is 9.95. The van der Waals surface area contributed by atoms with E-state index in [4.69, 9.17) is 9.15 Å². The Labute approximate surface area is 183 Å². The largest absolute Gasteiger partial charge is 0.507 e. The zero-order valence-corrected chi connectivity index (χ0v) is 18.7. The number of ketones is 1. The SMILES string of the molecule is CCCCCN1C(=O)C(=O)/C(=C(\O)c2ccc(OCC)c(C(C)C)c2)C1c1ccco1. The normalized spacial score (nSPS) is 18.2. The molecule has 3 rings (SSSR count). The third-order valence-electron chi connectivity index (χ3n) is 5.56. The fraction of sp³-hybridized carbons (Fsp3) is 0.440. The van der Waals surface area contributed by atoms with Crippen molar-refractivity contribution in [2.24, 2.45) is 0 Å². The van der Waals surface area contributed by atoms with Gasteiger partial charge in [-0.15, -0.1) is 0 Å². The van der Waals surface area contributed by atoms with Crippen LogP contribution in [0.3, 0.4) is 0 Å². The number of furan rings is 1. The molecule has 31 heavy (non-hydrogen) atoms. The highest BCUT2D eigenvalue weighted by atomic mass is 16.5. The van der Waals surface area contributed by atoms with Gasteiger partial charge in [-0.3, -0.25) is 9.59 Å². The van der Waals surface area contributed by atoms with E-state index in [0.29, 0.717) is 24.5 Å². The van der Waals surface area contributed by atoms with Gasteiger partial charge in [0.2, 0.25) is 0 Å². The van der Waals surface area contributed by atoms with E-state index in [2.05, 4.69) is 6.92 Å². The number of aliphatic hydroxyl groups is 1. The summed E-state index contributed by atoms with van der Waals surface area (Å²) in [7, 11) is 0. The van der Waals surface area contributed by atoms with Crippen molar-refractivity contribution in [3.8, 4) is 5.75 Å². The highest BCUT2D eigenvalue weighted by Gasteiger charge is 2.47. The zero-order chi connectivity index (χ0) is 22.5. The molecule has 1 amide bonds. The summed E-state index contributed by atoms with van der Waals surface area (Å²) in [6, 6.07) is 8.06. The molecule has 2 heterocycles. The van der Waals surface area contributed by atoms with Gasteiger partial charge in [0.25, 0.3) is 11.7 Å². The van der Waals surface area contributed by atoms with E-state index >= 15 is 0 Å². The van der Waals surface area contributed by atoms with E-state index < -0.39 is 17.7 Å². The molecule has 166 valence electrons. The van der Waals surface area contributed by atoms with Crippen LogP contribution in [-0.2, 0) is 9.59 Å². The molecule has 0 saturated carbocycles. The molecule has 1 aromatic heterocycles. The lowest BCUT2D eigenvalue weighted by Crippen LogP contribution is -2.30. The van der Waals surface area contributed by atoms with Gasteiger partial charge < -0.3 is 19.2 Å². The average molecular weight is 426 g/mol. The van der Waals surface area contributed by atoms with Gasteiger partial charge >= 0.3 is 0 Å². The molecule has 0 aliphatic carbocycles. The molecule has 1 aliphatic heterocycles. The fourth-order valence-electron chi connectivity index (χ4n) is 3.97. The molecule has 0 bridgehead atoms. The van der Waals surface area contributed by atoms with Crippen molar-refractivity contribution >= 4 is 17.4 Å². The van der Waals surface area contributed by atoms with Crippen LogP contribution in [0.1, 0.15) is 75.8 Å². The predicted octanol–water partition coefficient (Wildman–Crippen LogP) is 5.41. The number of carbonyl (C=O) groups is 2. The van der Waals surface area contributed by atoms with Crippen molar-refractivity contribution < 1.29 is 23.8 Å². The lowest BCUT2D eigenvalue weighted by molar-refractivity contribution is -0.140. The summed E-state index contributed by atoms with van der Waals surface area (Å²) in [4.78, 5) is 27.3. The van der Waals surface area contributed by atoms with Crippen LogP contribution in [0.25, 0.3) is 5.76 Å². The van der Waals surface area contributed by atoms with Crippen LogP contribution in [0.4, 0.5) is 0 Å². The number of likely N-dealkylation sites (tertiary alicyclic amines) is 1. The van der Waals surface area contributed by atoms with Crippen LogP contribution in [-0.4, -0.2) is 34.8 Å². The van der Waals surface area contributed by atoms with Gasteiger partial charge in [0.1, 0.15) is 23.3 Å². The number of ether oxygens (including phenoxy) is 1. The minimum absolute atomic E-state index is 0.0651. The number of carbonyl (C=O) groups excluding carboxylic acids is 2. The standard InChI is InChI=1S/C25H31NO5/c1-5-7-8-13-26-22(20-10-9-14-31-20)21(24(28)25(26)29)23(27)17-11-12-19(30-6-2)18(15-17)16(3)4/h9-12,14-16,22,27H,5-8,13H2,1-4H3/b23-21-. The molecular weight excluding hydrogens is 394 g/mol. The molecular formula is C25H31NO5. The molecule has 1 fully saturated rings. The maximum absolute atomic E-state index is 13.0. The number of nitrogens with zero attached hydrogens (tertiary/aromatic N) is 1. The Bertz CT molecular complexity index is 958. The summed E-state index contributed by atoms with van der Waals surface area (Å²) in [5, 5.41) is 11.2. The van der Waals surface area contributed by atoms with Gasteiger partial charge in [-0.05, 0) is 55.2 Å². The van der Waals surface area contributed by atoms with Gasteiger partial charge in [0.15, 0.2) is 0 Å². The highest BCUT2D eigenvalue weighted by Crippen LogP contribution is 2.40. The summed E-state index contributed by atoms with van der Waals surface area (Å²) in [5.41, 5.74) is 1.48. The molecule has 1 aliphatic rings. The van der Waals surface area contributed by atoms with E-state index in [0.717, 1.165) is 30.6 Å². The molecule has 0 radical (unpaired) electrons. The van der Waals surface area contributed by atoms with Gasteiger partial charge in [0.05, 0.1) is 18.4 Å². The second-order valence-corrected chi connectivity index (χ2v) is 8.06. The van der Waals surface area contributed by atoms with E-state index in [-0.39, 0.29) is 17.3 Å². The summed E-state index contributed by atoms with van der Waals surface area (Å²) < 4.78 is 11.3. The van der Waals surface area contributed by atoms with E-state index in [1.807, 2.05) is 26.8 Å². The van der Waals surface area contributed by atoms with Crippen LogP contribution >= 0.6 is 0 Å². The van der Waals surface area contributed by atoms with Crippen molar-refractivity contribution in [1.82, 2.24) is 4.90 Å². The number of Topliss-reactive ketones (excluding diaryl/α,β-unsaturated/α-hetero) is 1. The molecule has 1 aromatic carbocycles. The molecule has 1 unspecified atom stereocenters. The number of amides is 1. The number of benzene rings is 1. The first-order chi connectivity index (χ1) is 14.9. The van der Waals surface area contributed by atoms with Crippen LogP contribution < -0.4 is 4.74 Å². The maximum atomic E-state index is 13.0. The van der Waals surface area contributed by atoms with Gasteiger partial charge in [-0.1, -0.05) is 33.6 Å². The van der Waals surface area contributed by atoms with Crippen LogP contribution in [0.15, 0.2) is 46.6 Å². The average Bonchev–Trinajstić information content (AvgIpc) is 3.36. The quantitative estimate of drug-likeness (QED) is 0.251. The maximum Gasteiger partial charge on any atom is 0.295 e. The van der Waals surface area contributed by atoms with E-state index in [1.54, 1.807) is 24.3 Å². The summed E-state index contributed by atoms with van der Waals surface area (Å²) in [5.74, 6) is -0.109. The Morgan fingerprint density at radius 2 is 1.97 bits per heavy atom. The second kappa shape index (κ2) is 9.86. The highest BCUT2D eigenvalue weighted by molar-refractivity contribution is 6.46. The van der Waals surface area contributed by atoms with Crippen LogP contribution in [0.5, 0.6) is 5.75 Å². The lowest BCUT2D eigenvalue weighted by Gasteiger charge is -2.23. The molecule has 2 aromatic rings. The van der Waals surface area contributed by atoms with Crippen LogP contribution in [0, 0.1) is 0 Å². The Hall–Kier alpha value is -3.02. The smallest absolute Gasteiger partial charge is 0.295 e. The number of unbranched alkanes of at least 4 members (excludes halogenated alkanes) is 2. The molecule has 1 N–H and O–H groups in total. The predicted molar refractivity (Wildman–Crippen MR) is 119 cm³/mol. The molecule has 1 atom stereocenters. The molecule has 0 spiro atoms. The van der Waals surface area contributed by atoms with Gasteiger partial charge in [-0.2, -0.15) is 0 Å². The monoisotopic (exact) mass is 425 g/mol. The van der Waals surface area contributed by atoms with E-state index in [9.17, 15) is 14.7 Å². The first-order valence-corrected chi connectivity index (χ1v) is 11.0. The Morgan fingerprint density at radius 3 is 2.58 bits per heavy atom. The third-order valence-corrected chi connectivity index (χ3v) is 5.56. The topological polar surface area (TPSA) is 80.0 Å². The van der Waals surface area contributed by atoms with E-state index in [1.165, 1.54) is 11.2 Å². The fourth-order valence-corrected chi connectivity index (χ4v) is 3.97. The first kappa shape index (κ1) is 22.7.